The van der Waals surface area contributed by atoms with Gasteiger partial charge in [-0.2, -0.15) is 0 Å². The highest BCUT2D eigenvalue weighted by molar-refractivity contribution is 6.30. The zero-order valence-corrected chi connectivity index (χ0v) is 13.6. The Morgan fingerprint density at radius 1 is 1.14 bits per heavy atom. The van der Waals surface area contributed by atoms with E-state index >= 15 is 0 Å². The molecular weight excluding hydrogens is 290 g/mol. The van der Waals surface area contributed by atoms with Crippen molar-refractivity contribution >= 4 is 23.5 Å². The Labute approximate surface area is 130 Å². The molecule has 5 heteroatoms. The predicted octanol–water partition coefficient (Wildman–Crippen LogP) is 3.40. The van der Waals surface area contributed by atoms with E-state index in [2.05, 4.69) is 0 Å². The lowest BCUT2D eigenvalue weighted by Crippen LogP contribution is -2.44. The third kappa shape index (κ3) is 4.74. The Hall–Kier alpha value is -1.55. The van der Waals surface area contributed by atoms with Gasteiger partial charge < -0.3 is 10.0 Å². The third-order valence-electron chi connectivity index (χ3n) is 3.37. The highest BCUT2D eigenvalue weighted by Crippen LogP contribution is 2.28. The van der Waals surface area contributed by atoms with Crippen molar-refractivity contribution in [2.45, 2.75) is 39.7 Å². The molecule has 1 rings (SSSR count). The molecule has 21 heavy (non-hydrogen) atoms. The van der Waals surface area contributed by atoms with Gasteiger partial charge in [-0.05, 0) is 37.5 Å². The van der Waals surface area contributed by atoms with Gasteiger partial charge in [0.25, 0.3) is 0 Å². The minimum Gasteiger partial charge on any atom is -0.480 e. The van der Waals surface area contributed by atoms with Crippen LogP contribution in [0.1, 0.15) is 39.2 Å². The molecule has 1 aromatic carbocycles. The standard InChI is InChI=1S/C16H22ClNO3/c1-10(2)15(12-5-7-13(17)8-6-12)16(21)18(11(3)4)9-14(19)20/h5-8,10-11,15H,9H2,1-4H3,(H,19,20). The Morgan fingerprint density at radius 3 is 2.05 bits per heavy atom. The SMILES string of the molecule is CC(C)C(C(=O)N(CC(=O)O)C(C)C)c1ccc(Cl)cc1. The zero-order chi connectivity index (χ0) is 16.2. The maximum atomic E-state index is 12.8. The van der Waals surface area contributed by atoms with Gasteiger partial charge in [0, 0.05) is 11.1 Å². The number of aliphatic carboxylic acids is 1. The Bertz CT molecular complexity index is 497. The molecule has 1 atom stereocenters. The van der Waals surface area contributed by atoms with Gasteiger partial charge in [-0.1, -0.05) is 37.6 Å². The Kier molecular flexibility index (Phi) is 6.21. The Morgan fingerprint density at radius 2 is 1.67 bits per heavy atom. The van der Waals surface area contributed by atoms with Crippen molar-refractivity contribution < 1.29 is 14.7 Å². The fourth-order valence-electron chi connectivity index (χ4n) is 2.32. The average Bonchev–Trinajstić information content (AvgIpc) is 2.37. The second-order valence-corrected chi connectivity index (χ2v) is 6.16. The minimum atomic E-state index is -1.00. The molecule has 1 unspecified atom stereocenters. The zero-order valence-electron chi connectivity index (χ0n) is 12.8. The van der Waals surface area contributed by atoms with Crippen molar-refractivity contribution in [2.75, 3.05) is 6.54 Å². The van der Waals surface area contributed by atoms with Crippen molar-refractivity contribution in [2.24, 2.45) is 5.92 Å². The van der Waals surface area contributed by atoms with Crippen LogP contribution in [0.15, 0.2) is 24.3 Å². The molecule has 1 N–H and O–H groups in total. The van der Waals surface area contributed by atoms with Crippen LogP contribution in [0.5, 0.6) is 0 Å². The molecule has 0 aliphatic carbocycles. The maximum absolute atomic E-state index is 12.8. The molecule has 0 fully saturated rings. The molecule has 0 radical (unpaired) electrons. The number of carboxylic acids is 1. The van der Waals surface area contributed by atoms with Crippen LogP contribution < -0.4 is 0 Å². The number of carbonyl (C=O) groups excluding carboxylic acids is 1. The second kappa shape index (κ2) is 7.46. The number of hydrogen-bond donors (Lipinski definition) is 1. The van der Waals surface area contributed by atoms with Gasteiger partial charge in [-0.15, -0.1) is 0 Å². The van der Waals surface area contributed by atoms with E-state index in [4.69, 9.17) is 16.7 Å². The lowest BCUT2D eigenvalue weighted by atomic mass is 9.87. The lowest BCUT2D eigenvalue weighted by molar-refractivity contribution is -0.147. The fourth-order valence-corrected chi connectivity index (χ4v) is 2.45. The highest BCUT2D eigenvalue weighted by Gasteiger charge is 2.31. The summed E-state index contributed by atoms with van der Waals surface area (Å²) in [6.07, 6.45) is 0. The third-order valence-corrected chi connectivity index (χ3v) is 3.63. The molecule has 0 saturated carbocycles. The van der Waals surface area contributed by atoms with Crippen LogP contribution in [0.2, 0.25) is 5.02 Å². The Balaban J connectivity index is 3.11. The molecule has 116 valence electrons. The summed E-state index contributed by atoms with van der Waals surface area (Å²) in [6.45, 7) is 7.26. The lowest BCUT2D eigenvalue weighted by Gasteiger charge is -2.31. The molecule has 1 amide bonds. The van der Waals surface area contributed by atoms with E-state index in [0.717, 1.165) is 5.56 Å². The van der Waals surface area contributed by atoms with E-state index in [9.17, 15) is 9.59 Å². The molecule has 1 aromatic rings. The minimum absolute atomic E-state index is 0.0636. The molecule has 0 aliphatic rings. The van der Waals surface area contributed by atoms with Gasteiger partial charge in [0.05, 0.1) is 5.92 Å². The van der Waals surface area contributed by atoms with E-state index in [1.807, 2.05) is 39.8 Å². The van der Waals surface area contributed by atoms with Crippen molar-refractivity contribution in [3.8, 4) is 0 Å². The molecule has 0 heterocycles. The topological polar surface area (TPSA) is 57.6 Å². The first kappa shape index (κ1) is 17.5. The first-order valence-electron chi connectivity index (χ1n) is 7.01. The monoisotopic (exact) mass is 311 g/mol. The second-order valence-electron chi connectivity index (χ2n) is 5.73. The summed E-state index contributed by atoms with van der Waals surface area (Å²) in [5, 5.41) is 9.61. The molecular formula is C16H22ClNO3. The molecule has 0 aliphatic heterocycles. The summed E-state index contributed by atoms with van der Waals surface area (Å²) in [5.41, 5.74) is 0.857. The van der Waals surface area contributed by atoms with Gasteiger partial charge >= 0.3 is 5.97 Å². The van der Waals surface area contributed by atoms with Gasteiger partial charge in [-0.3, -0.25) is 9.59 Å². The van der Waals surface area contributed by atoms with Gasteiger partial charge in [0.15, 0.2) is 0 Å². The summed E-state index contributed by atoms with van der Waals surface area (Å²) >= 11 is 5.88. The number of carbonyl (C=O) groups is 2. The quantitative estimate of drug-likeness (QED) is 0.876. The normalized spacial score (nSPS) is 12.5. The first-order valence-corrected chi connectivity index (χ1v) is 7.39. The van der Waals surface area contributed by atoms with Gasteiger partial charge in [0.1, 0.15) is 6.54 Å². The molecule has 4 nitrogen and oxygen atoms in total. The molecule has 0 spiro atoms. The van der Waals surface area contributed by atoms with Crippen molar-refractivity contribution in [1.82, 2.24) is 4.90 Å². The van der Waals surface area contributed by atoms with Crippen molar-refractivity contribution in [3.05, 3.63) is 34.9 Å². The number of carboxylic acid groups (broad SMARTS) is 1. The number of nitrogens with zero attached hydrogens (tertiary/aromatic N) is 1. The number of amides is 1. The van der Waals surface area contributed by atoms with Crippen LogP contribution in [0.3, 0.4) is 0 Å². The van der Waals surface area contributed by atoms with E-state index in [1.165, 1.54) is 4.90 Å². The summed E-state index contributed by atoms with van der Waals surface area (Å²) in [4.78, 5) is 25.2. The van der Waals surface area contributed by atoms with Crippen molar-refractivity contribution in [3.63, 3.8) is 0 Å². The van der Waals surface area contributed by atoms with Crippen LogP contribution in [-0.4, -0.2) is 34.5 Å². The number of hydrogen-bond acceptors (Lipinski definition) is 2. The number of halogens is 1. The summed E-state index contributed by atoms with van der Waals surface area (Å²) in [6, 6.07) is 6.98. The smallest absolute Gasteiger partial charge is 0.323 e. The molecule has 0 aromatic heterocycles. The van der Waals surface area contributed by atoms with Crippen LogP contribution in [-0.2, 0) is 9.59 Å². The summed E-state index contributed by atoms with van der Waals surface area (Å²) < 4.78 is 0. The van der Waals surface area contributed by atoms with Gasteiger partial charge in [-0.25, -0.2) is 0 Å². The number of rotatable bonds is 6. The highest BCUT2D eigenvalue weighted by atomic mass is 35.5. The fraction of sp³-hybridized carbons (Fsp3) is 0.500. The van der Waals surface area contributed by atoms with Crippen LogP contribution in [0, 0.1) is 5.92 Å². The van der Waals surface area contributed by atoms with Crippen LogP contribution >= 0.6 is 11.6 Å². The van der Waals surface area contributed by atoms with Crippen LogP contribution in [0.4, 0.5) is 0 Å². The van der Waals surface area contributed by atoms with E-state index in [1.54, 1.807) is 12.1 Å². The summed E-state index contributed by atoms with van der Waals surface area (Å²) in [5.74, 6) is -1.47. The molecule has 0 saturated heterocycles. The van der Waals surface area contributed by atoms with E-state index in [-0.39, 0.29) is 30.3 Å². The maximum Gasteiger partial charge on any atom is 0.323 e. The molecule has 0 bridgehead atoms. The predicted molar refractivity (Wildman–Crippen MR) is 83.5 cm³/mol. The van der Waals surface area contributed by atoms with Crippen LogP contribution in [0.25, 0.3) is 0 Å². The number of benzene rings is 1. The van der Waals surface area contributed by atoms with Crippen molar-refractivity contribution in [1.29, 1.82) is 0 Å². The van der Waals surface area contributed by atoms with E-state index < -0.39 is 5.97 Å². The average molecular weight is 312 g/mol. The van der Waals surface area contributed by atoms with E-state index in [0.29, 0.717) is 5.02 Å². The first-order chi connectivity index (χ1) is 9.73. The largest absolute Gasteiger partial charge is 0.480 e. The van der Waals surface area contributed by atoms with Gasteiger partial charge in [0.2, 0.25) is 5.91 Å². The summed E-state index contributed by atoms with van der Waals surface area (Å²) in [7, 11) is 0.